The molecule has 2 aromatic heterocycles. The van der Waals surface area contributed by atoms with Crippen molar-refractivity contribution in [2.24, 2.45) is 11.5 Å². The van der Waals surface area contributed by atoms with Crippen molar-refractivity contribution in [2.75, 3.05) is 18.5 Å². The molecule has 0 radical (unpaired) electrons. The van der Waals surface area contributed by atoms with Crippen LogP contribution < -0.4 is 27.0 Å². The van der Waals surface area contributed by atoms with Crippen molar-refractivity contribution in [3.05, 3.63) is 76.7 Å². The van der Waals surface area contributed by atoms with Crippen LogP contribution in [0.15, 0.2) is 60.7 Å². The summed E-state index contributed by atoms with van der Waals surface area (Å²) in [7, 11) is -1.55. The van der Waals surface area contributed by atoms with Crippen LogP contribution in [-0.4, -0.2) is 46.2 Å². The highest BCUT2D eigenvalue weighted by molar-refractivity contribution is 7.20. The summed E-state index contributed by atoms with van der Waals surface area (Å²) >= 11 is 1.48. The Morgan fingerprint density at radius 1 is 1.08 bits per heavy atom. The van der Waals surface area contributed by atoms with E-state index in [0.717, 1.165) is 31.5 Å². The summed E-state index contributed by atoms with van der Waals surface area (Å²) in [5.74, 6) is 1.16. The van der Waals surface area contributed by atoms with Gasteiger partial charge in [0.25, 0.3) is 0 Å². The van der Waals surface area contributed by atoms with Crippen molar-refractivity contribution in [2.45, 2.75) is 13.5 Å². The topological polar surface area (TPSA) is 157 Å². The lowest BCUT2D eigenvalue weighted by Crippen LogP contribution is -2.30. The first-order valence-corrected chi connectivity index (χ1v) is 12.8. The molecule has 0 aliphatic rings. The maximum Gasteiger partial charge on any atom is 0.488 e. The number of hydrogen-bond donors (Lipinski definition) is 5. The van der Waals surface area contributed by atoms with Crippen molar-refractivity contribution in [1.29, 1.82) is 0 Å². The van der Waals surface area contributed by atoms with E-state index < -0.39 is 13.0 Å². The van der Waals surface area contributed by atoms with Crippen LogP contribution in [0, 0.1) is 6.92 Å². The number of aryl methyl sites for hydroxylation is 1. The van der Waals surface area contributed by atoms with Crippen LogP contribution in [0.5, 0.6) is 5.75 Å². The summed E-state index contributed by atoms with van der Waals surface area (Å²) in [4.78, 5) is 22.8. The van der Waals surface area contributed by atoms with Gasteiger partial charge < -0.3 is 31.6 Å². The lowest BCUT2D eigenvalue weighted by atomic mass is 9.80. The average molecular weight is 527 g/mol. The number of nitrogens with one attached hydrogen (secondary N) is 1. The second kappa shape index (κ2) is 10.8. The number of ether oxygens (including phenoxy) is 1. The van der Waals surface area contributed by atoms with Gasteiger partial charge in [-0.2, -0.15) is 0 Å². The molecule has 0 unspecified atom stereocenters. The number of thiophene rings is 1. The molecule has 0 atom stereocenters. The highest BCUT2D eigenvalue weighted by atomic mass is 32.1. The van der Waals surface area contributed by atoms with Crippen LogP contribution in [0.4, 0.5) is 5.82 Å². The van der Waals surface area contributed by atoms with Crippen molar-refractivity contribution in [3.63, 3.8) is 0 Å². The van der Waals surface area contributed by atoms with Crippen LogP contribution in [-0.2, 0) is 6.54 Å². The third-order valence-electron chi connectivity index (χ3n) is 6.15. The molecule has 0 aliphatic carbocycles. The number of fused-ring (bicyclic) bond motifs is 2. The molecule has 3 aromatic carbocycles. The third kappa shape index (κ3) is 4.92. The molecule has 11 heteroatoms. The molecule has 5 aromatic rings. The fourth-order valence-corrected chi connectivity index (χ4v) is 5.58. The molecule has 9 nitrogen and oxygen atoms in total. The Labute approximate surface area is 223 Å². The first-order chi connectivity index (χ1) is 18.4. The summed E-state index contributed by atoms with van der Waals surface area (Å²) in [6, 6.07) is 18.1. The van der Waals surface area contributed by atoms with E-state index in [1.54, 1.807) is 30.3 Å². The molecule has 38 heavy (non-hydrogen) atoms. The zero-order chi connectivity index (χ0) is 26.8. The van der Waals surface area contributed by atoms with Gasteiger partial charge in [0.1, 0.15) is 23.7 Å². The van der Waals surface area contributed by atoms with Crippen LogP contribution in [0.3, 0.4) is 0 Å². The number of carbonyl (C=O) groups is 1. The van der Waals surface area contributed by atoms with Gasteiger partial charge in [-0.25, -0.2) is 9.97 Å². The summed E-state index contributed by atoms with van der Waals surface area (Å²) in [5.41, 5.74) is 14.5. The summed E-state index contributed by atoms with van der Waals surface area (Å²) in [6.45, 7) is 3.04. The van der Waals surface area contributed by atoms with Crippen molar-refractivity contribution >= 4 is 56.6 Å². The van der Waals surface area contributed by atoms with E-state index in [0.29, 0.717) is 53.6 Å². The highest BCUT2D eigenvalue weighted by Crippen LogP contribution is 2.40. The predicted octanol–water partition coefficient (Wildman–Crippen LogP) is 2.55. The first-order valence-electron chi connectivity index (χ1n) is 12.0. The predicted molar refractivity (Wildman–Crippen MR) is 152 cm³/mol. The van der Waals surface area contributed by atoms with Crippen LogP contribution in [0.25, 0.3) is 32.4 Å². The number of primary amides is 1. The molecular formula is C27H26BN5O4S. The first kappa shape index (κ1) is 25.6. The van der Waals surface area contributed by atoms with E-state index >= 15 is 0 Å². The Balaban J connectivity index is 1.66. The molecule has 0 aliphatic heterocycles. The number of carbonyl (C=O) groups excluding carboxylic acids is 1. The molecule has 192 valence electrons. The minimum atomic E-state index is -1.55. The van der Waals surface area contributed by atoms with Crippen LogP contribution >= 0.6 is 11.3 Å². The number of anilines is 1. The Morgan fingerprint density at radius 3 is 2.61 bits per heavy atom. The molecule has 0 spiro atoms. The molecule has 0 saturated carbocycles. The number of nitrogens with zero attached hydrogens (tertiary/aromatic N) is 2. The quantitative estimate of drug-likeness (QED) is 0.183. The van der Waals surface area contributed by atoms with Crippen molar-refractivity contribution in [1.82, 2.24) is 9.97 Å². The van der Waals surface area contributed by atoms with Gasteiger partial charge in [0, 0.05) is 39.0 Å². The van der Waals surface area contributed by atoms with Gasteiger partial charge in [-0.3, -0.25) is 4.79 Å². The maximum atomic E-state index is 12.1. The molecule has 1 amide bonds. The Hall–Kier alpha value is -4.03. The Kier molecular flexibility index (Phi) is 7.25. The van der Waals surface area contributed by atoms with Gasteiger partial charge in [-0.1, -0.05) is 42.5 Å². The molecule has 5 rings (SSSR count). The molecule has 0 saturated heterocycles. The Bertz CT molecular complexity index is 1660. The number of amides is 1. The SMILES string of the molecule is Cc1sc2c(C(N)=O)cccc2c1-c1nc(NCc2cccc(B(O)O)c2)c2cccc(OCCN)c2n1. The van der Waals surface area contributed by atoms with Crippen LogP contribution in [0.2, 0.25) is 0 Å². The Morgan fingerprint density at radius 2 is 1.84 bits per heavy atom. The normalized spacial score (nSPS) is 11.2. The van der Waals surface area contributed by atoms with Crippen LogP contribution in [0.1, 0.15) is 20.8 Å². The number of hydrogen-bond acceptors (Lipinski definition) is 9. The number of rotatable bonds is 9. The van der Waals surface area contributed by atoms with Gasteiger partial charge in [-0.15, -0.1) is 11.3 Å². The van der Waals surface area contributed by atoms with Gasteiger partial charge in [-0.05, 0) is 36.1 Å². The summed E-state index contributed by atoms with van der Waals surface area (Å²) in [5, 5.41) is 24.1. The largest absolute Gasteiger partial charge is 0.490 e. The standard InChI is InChI=1S/C27H26BN5O4S/c1-15-22(18-7-3-9-20(25(30)34)24(18)38-15)27-32-23-19(8-4-10-21(23)37-12-11-29)26(33-27)31-14-16-5-2-6-17(13-16)28(35)36/h2-10,13,35-36H,11-12,14,29H2,1H3,(H2,30,34)(H,31,32,33). The lowest BCUT2D eigenvalue weighted by molar-refractivity contribution is 0.100. The number of para-hydroxylation sites is 1. The lowest BCUT2D eigenvalue weighted by Gasteiger charge is -2.14. The van der Waals surface area contributed by atoms with Gasteiger partial charge in [0.2, 0.25) is 5.91 Å². The fraction of sp³-hybridized carbons (Fsp3) is 0.148. The molecule has 0 bridgehead atoms. The van der Waals surface area contributed by atoms with E-state index in [9.17, 15) is 14.8 Å². The summed E-state index contributed by atoms with van der Waals surface area (Å²) in [6.07, 6.45) is 0. The number of benzene rings is 3. The number of nitrogens with two attached hydrogens (primary N) is 2. The molecule has 2 heterocycles. The smallest absolute Gasteiger partial charge is 0.488 e. The average Bonchev–Trinajstić information content (AvgIpc) is 3.26. The minimum Gasteiger partial charge on any atom is -0.490 e. The van der Waals surface area contributed by atoms with E-state index in [4.69, 9.17) is 26.2 Å². The monoisotopic (exact) mass is 527 g/mol. The highest BCUT2D eigenvalue weighted by Gasteiger charge is 2.21. The van der Waals surface area contributed by atoms with E-state index in [-0.39, 0.29) is 0 Å². The molecule has 0 fully saturated rings. The van der Waals surface area contributed by atoms with E-state index in [1.807, 2.05) is 37.3 Å². The molecular weight excluding hydrogens is 501 g/mol. The third-order valence-corrected chi connectivity index (χ3v) is 7.31. The second-order valence-electron chi connectivity index (χ2n) is 8.74. The summed E-state index contributed by atoms with van der Waals surface area (Å²) < 4.78 is 6.70. The minimum absolute atomic E-state index is 0.333. The molecule has 7 N–H and O–H groups in total. The van der Waals surface area contributed by atoms with Gasteiger partial charge >= 0.3 is 7.12 Å². The van der Waals surface area contributed by atoms with Gasteiger partial charge in [0.15, 0.2) is 5.82 Å². The van der Waals surface area contributed by atoms with Crippen molar-refractivity contribution < 1.29 is 19.6 Å². The van der Waals surface area contributed by atoms with Gasteiger partial charge in [0.05, 0.1) is 5.56 Å². The zero-order valence-electron chi connectivity index (χ0n) is 20.6. The van der Waals surface area contributed by atoms with Crippen molar-refractivity contribution in [3.8, 4) is 17.1 Å². The maximum absolute atomic E-state index is 12.1. The number of aromatic nitrogens is 2. The second-order valence-corrected chi connectivity index (χ2v) is 9.96. The fourth-order valence-electron chi connectivity index (χ4n) is 4.42. The van der Waals surface area contributed by atoms with E-state index in [1.165, 1.54) is 11.3 Å². The van der Waals surface area contributed by atoms with E-state index in [2.05, 4.69) is 5.32 Å². The zero-order valence-corrected chi connectivity index (χ0v) is 21.5.